The molecule has 2 heteroatoms. The molecule has 0 aliphatic rings. The molecule has 0 bridgehead atoms. The average molecular weight is 250 g/mol. The maximum atomic E-state index is 5.72. The highest BCUT2D eigenvalue weighted by atomic mass is 17.2. The van der Waals surface area contributed by atoms with E-state index in [0.717, 1.165) is 12.2 Å². The molecule has 0 aromatic heterocycles. The van der Waals surface area contributed by atoms with Gasteiger partial charge in [-0.05, 0) is 31.2 Å². The molecule has 1 aromatic rings. The normalized spacial score (nSPS) is 14.9. The minimum atomic E-state index is -0.246. The van der Waals surface area contributed by atoms with Crippen molar-refractivity contribution in [3.8, 4) is 5.75 Å². The third kappa shape index (κ3) is 3.49. The minimum Gasteiger partial charge on any atom is -0.337 e. The van der Waals surface area contributed by atoms with Crippen LogP contribution in [-0.4, -0.2) is 5.60 Å². The van der Waals surface area contributed by atoms with E-state index in [1.807, 2.05) is 18.2 Å². The van der Waals surface area contributed by atoms with Crippen LogP contribution in [0.15, 0.2) is 24.3 Å². The lowest BCUT2D eigenvalue weighted by molar-refractivity contribution is -0.300. The van der Waals surface area contributed by atoms with Crippen LogP contribution in [0.3, 0.4) is 0 Å². The molecule has 102 valence electrons. The van der Waals surface area contributed by atoms with E-state index in [-0.39, 0.29) is 5.60 Å². The molecule has 0 radical (unpaired) electrons. The lowest BCUT2D eigenvalue weighted by Crippen LogP contribution is -2.35. The van der Waals surface area contributed by atoms with E-state index in [4.69, 9.17) is 9.78 Å². The van der Waals surface area contributed by atoms with Gasteiger partial charge >= 0.3 is 0 Å². The Balaban J connectivity index is 2.80. The van der Waals surface area contributed by atoms with E-state index in [2.05, 4.69) is 47.6 Å². The van der Waals surface area contributed by atoms with Crippen molar-refractivity contribution in [1.29, 1.82) is 0 Å². The second kappa shape index (κ2) is 6.24. The summed E-state index contributed by atoms with van der Waals surface area (Å²) in [4.78, 5) is 11.3. The van der Waals surface area contributed by atoms with Gasteiger partial charge in [-0.3, -0.25) is 0 Å². The van der Waals surface area contributed by atoms with Gasteiger partial charge in [-0.25, -0.2) is 0 Å². The summed E-state index contributed by atoms with van der Waals surface area (Å²) >= 11 is 0. The van der Waals surface area contributed by atoms with Gasteiger partial charge in [0.15, 0.2) is 5.75 Å². The molecule has 0 saturated carbocycles. The Labute approximate surface area is 111 Å². The summed E-state index contributed by atoms with van der Waals surface area (Å²) in [6, 6.07) is 8.06. The first-order valence-electron chi connectivity index (χ1n) is 6.85. The lowest BCUT2D eigenvalue weighted by atomic mass is 9.90. The Morgan fingerprint density at radius 3 is 2.22 bits per heavy atom. The van der Waals surface area contributed by atoms with Crippen LogP contribution in [0.4, 0.5) is 0 Å². The van der Waals surface area contributed by atoms with Gasteiger partial charge in [0, 0.05) is 5.56 Å². The van der Waals surface area contributed by atoms with Crippen molar-refractivity contribution in [1.82, 2.24) is 0 Å². The Bertz CT molecular complexity index is 371. The minimum absolute atomic E-state index is 0.246. The lowest BCUT2D eigenvalue weighted by Gasteiger charge is -2.31. The van der Waals surface area contributed by atoms with Gasteiger partial charge < -0.3 is 4.89 Å². The van der Waals surface area contributed by atoms with Crippen molar-refractivity contribution in [2.24, 2.45) is 5.92 Å². The van der Waals surface area contributed by atoms with Crippen LogP contribution in [0.1, 0.15) is 59.4 Å². The summed E-state index contributed by atoms with van der Waals surface area (Å²) < 4.78 is 0. The fourth-order valence-corrected chi connectivity index (χ4v) is 1.74. The molecule has 0 aliphatic carbocycles. The zero-order valence-electron chi connectivity index (χ0n) is 12.5. The molecule has 2 nitrogen and oxygen atoms in total. The van der Waals surface area contributed by atoms with E-state index in [1.54, 1.807) is 0 Å². The van der Waals surface area contributed by atoms with Gasteiger partial charge in [0.05, 0.1) is 0 Å². The molecule has 0 aliphatic heterocycles. The molecule has 0 N–H and O–H groups in total. The van der Waals surface area contributed by atoms with Crippen molar-refractivity contribution in [2.45, 2.75) is 59.5 Å². The van der Waals surface area contributed by atoms with Crippen LogP contribution in [0.2, 0.25) is 0 Å². The standard InChI is InChI=1S/C16H26O2/c1-7-16(6,13(4)5)18-17-15-11-9-8-10-14(15)12(2)3/h8-13H,7H2,1-6H3. The van der Waals surface area contributed by atoms with Crippen molar-refractivity contribution in [2.75, 3.05) is 0 Å². The van der Waals surface area contributed by atoms with Crippen molar-refractivity contribution in [3.05, 3.63) is 29.8 Å². The molecule has 0 spiro atoms. The van der Waals surface area contributed by atoms with Crippen LogP contribution in [0, 0.1) is 5.92 Å². The molecule has 1 atom stereocenters. The number of rotatable bonds is 6. The molecule has 0 heterocycles. The summed E-state index contributed by atoms with van der Waals surface area (Å²) in [5.74, 6) is 1.67. The molecule has 0 saturated heterocycles. The Morgan fingerprint density at radius 1 is 1.11 bits per heavy atom. The van der Waals surface area contributed by atoms with Gasteiger partial charge in [-0.15, -0.1) is 0 Å². The first kappa shape index (κ1) is 15.0. The number of hydrogen-bond acceptors (Lipinski definition) is 2. The topological polar surface area (TPSA) is 18.5 Å². The van der Waals surface area contributed by atoms with E-state index < -0.39 is 0 Å². The number of benzene rings is 1. The monoisotopic (exact) mass is 250 g/mol. The van der Waals surface area contributed by atoms with Gasteiger partial charge in [0.2, 0.25) is 0 Å². The molecule has 18 heavy (non-hydrogen) atoms. The quantitative estimate of drug-likeness (QED) is 0.525. The third-order valence-electron chi connectivity index (χ3n) is 3.79. The zero-order chi connectivity index (χ0) is 13.8. The van der Waals surface area contributed by atoms with Crippen molar-refractivity contribution >= 4 is 0 Å². The first-order valence-corrected chi connectivity index (χ1v) is 6.85. The molecular formula is C16H26O2. The Morgan fingerprint density at radius 2 is 1.72 bits per heavy atom. The third-order valence-corrected chi connectivity index (χ3v) is 3.79. The van der Waals surface area contributed by atoms with Crippen LogP contribution in [0.5, 0.6) is 5.75 Å². The van der Waals surface area contributed by atoms with Gasteiger partial charge in [-0.1, -0.05) is 52.8 Å². The van der Waals surface area contributed by atoms with Crippen LogP contribution >= 0.6 is 0 Å². The van der Waals surface area contributed by atoms with Gasteiger partial charge in [0.25, 0.3) is 0 Å². The van der Waals surface area contributed by atoms with Gasteiger partial charge in [-0.2, -0.15) is 4.89 Å². The first-order chi connectivity index (χ1) is 8.40. The fourth-order valence-electron chi connectivity index (χ4n) is 1.74. The highest BCUT2D eigenvalue weighted by Crippen LogP contribution is 2.30. The maximum Gasteiger partial charge on any atom is 0.168 e. The van der Waals surface area contributed by atoms with E-state index >= 15 is 0 Å². The zero-order valence-corrected chi connectivity index (χ0v) is 12.5. The average Bonchev–Trinajstić information content (AvgIpc) is 2.35. The van der Waals surface area contributed by atoms with E-state index in [1.165, 1.54) is 5.56 Å². The second-order valence-corrected chi connectivity index (χ2v) is 5.68. The summed E-state index contributed by atoms with van der Waals surface area (Å²) in [7, 11) is 0. The number of hydrogen-bond donors (Lipinski definition) is 0. The van der Waals surface area contributed by atoms with Crippen LogP contribution in [0.25, 0.3) is 0 Å². The molecule has 1 unspecified atom stereocenters. The smallest absolute Gasteiger partial charge is 0.168 e. The summed E-state index contributed by atoms with van der Waals surface area (Å²) in [5, 5.41) is 0. The maximum absolute atomic E-state index is 5.72. The molecule has 0 amide bonds. The van der Waals surface area contributed by atoms with Crippen molar-refractivity contribution < 1.29 is 9.78 Å². The summed E-state index contributed by atoms with van der Waals surface area (Å²) in [5.41, 5.74) is 0.934. The van der Waals surface area contributed by atoms with E-state index in [9.17, 15) is 0 Å². The molecule has 1 aromatic carbocycles. The fraction of sp³-hybridized carbons (Fsp3) is 0.625. The molecule has 1 rings (SSSR count). The van der Waals surface area contributed by atoms with Crippen molar-refractivity contribution in [3.63, 3.8) is 0 Å². The highest BCUT2D eigenvalue weighted by molar-refractivity contribution is 5.35. The summed E-state index contributed by atoms with van der Waals surface area (Å²) in [6.45, 7) is 12.8. The Hall–Kier alpha value is -1.02. The van der Waals surface area contributed by atoms with Crippen LogP contribution < -0.4 is 4.89 Å². The SMILES string of the molecule is CCC(C)(OOc1ccccc1C(C)C)C(C)C. The van der Waals surface area contributed by atoms with Crippen LogP contribution in [-0.2, 0) is 4.89 Å². The molecule has 0 fully saturated rings. The second-order valence-electron chi connectivity index (χ2n) is 5.68. The predicted molar refractivity (Wildman–Crippen MR) is 75.8 cm³/mol. The molecular weight excluding hydrogens is 224 g/mol. The van der Waals surface area contributed by atoms with Gasteiger partial charge in [0.1, 0.15) is 5.60 Å². The largest absolute Gasteiger partial charge is 0.337 e. The van der Waals surface area contributed by atoms with E-state index in [0.29, 0.717) is 11.8 Å². The highest BCUT2D eigenvalue weighted by Gasteiger charge is 2.29. The Kier molecular flexibility index (Phi) is 5.21. The predicted octanol–water partition coefficient (Wildman–Crippen LogP) is 4.95. The summed E-state index contributed by atoms with van der Waals surface area (Å²) in [6.07, 6.45) is 0.925. The number of para-hydroxylation sites is 1.